The van der Waals surface area contributed by atoms with E-state index in [1.54, 1.807) is 12.1 Å². The molecule has 0 saturated carbocycles. The Labute approximate surface area is 133 Å². The Morgan fingerprint density at radius 3 is 2.86 bits per heavy atom. The maximum atomic E-state index is 12.4. The molecule has 0 aliphatic carbocycles. The molecule has 1 saturated heterocycles. The predicted octanol–water partition coefficient (Wildman–Crippen LogP) is 2.77. The number of halogens is 1. The van der Waals surface area contributed by atoms with E-state index in [0.717, 1.165) is 11.4 Å². The minimum absolute atomic E-state index is 0.0975. The van der Waals surface area contributed by atoms with Crippen molar-refractivity contribution in [3.05, 3.63) is 52.7 Å². The number of benzene rings is 1. The van der Waals surface area contributed by atoms with Crippen molar-refractivity contribution in [2.24, 2.45) is 0 Å². The number of nitrogens with zero attached hydrogens (tertiary/aromatic N) is 3. The highest BCUT2D eigenvalue weighted by Gasteiger charge is 2.28. The van der Waals surface area contributed by atoms with Gasteiger partial charge in [0, 0.05) is 30.1 Å². The van der Waals surface area contributed by atoms with Gasteiger partial charge >= 0.3 is 0 Å². The molecule has 1 amide bonds. The van der Waals surface area contributed by atoms with Gasteiger partial charge in [0.25, 0.3) is 5.91 Å². The molecule has 2 aromatic rings. The van der Waals surface area contributed by atoms with Gasteiger partial charge < -0.3 is 9.64 Å². The van der Waals surface area contributed by atoms with Gasteiger partial charge in [-0.1, -0.05) is 23.7 Å². The number of rotatable bonds is 3. The third-order valence-corrected chi connectivity index (χ3v) is 4.10. The number of carbonyl (C=O) groups is 1. The molecule has 22 heavy (non-hydrogen) atoms. The molecule has 3 rings (SSSR count). The summed E-state index contributed by atoms with van der Waals surface area (Å²) in [6.07, 6.45) is 0.926. The zero-order valence-electron chi connectivity index (χ0n) is 12.2. The molecular formula is C16H16ClN3O2. The Balaban J connectivity index is 1.70. The lowest BCUT2D eigenvalue weighted by molar-refractivity contribution is 0.0783. The maximum absolute atomic E-state index is 12.4. The Morgan fingerprint density at radius 1 is 1.32 bits per heavy atom. The normalized spacial score (nSPS) is 17.5. The first-order valence-corrected chi connectivity index (χ1v) is 7.47. The number of amides is 1. The predicted molar refractivity (Wildman–Crippen MR) is 83.3 cm³/mol. The molecule has 0 bridgehead atoms. The van der Waals surface area contributed by atoms with Gasteiger partial charge in [-0.2, -0.15) is 0 Å². The van der Waals surface area contributed by atoms with Crippen molar-refractivity contribution in [3.63, 3.8) is 0 Å². The molecule has 1 fully saturated rings. The van der Waals surface area contributed by atoms with Gasteiger partial charge in [-0.05, 0) is 30.2 Å². The third kappa shape index (κ3) is 3.04. The summed E-state index contributed by atoms with van der Waals surface area (Å²) in [5.74, 6) is 0.614. The number of carbonyl (C=O) groups excluding carboxylic acids is 1. The van der Waals surface area contributed by atoms with E-state index >= 15 is 0 Å². The van der Waals surface area contributed by atoms with Crippen molar-refractivity contribution in [1.82, 2.24) is 15.1 Å². The van der Waals surface area contributed by atoms with Gasteiger partial charge in [0.2, 0.25) is 5.88 Å². The fourth-order valence-electron chi connectivity index (χ4n) is 2.68. The second-order valence-corrected chi connectivity index (χ2v) is 5.69. The Kier molecular flexibility index (Phi) is 4.24. The first-order valence-electron chi connectivity index (χ1n) is 7.10. The summed E-state index contributed by atoms with van der Waals surface area (Å²) in [6.45, 7) is 1.39. The van der Waals surface area contributed by atoms with Crippen molar-refractivity contribution in [1.29, 1.82) is 0 Å². The molecule has 1 aromatic carbocycles. The molecule has 2 heterocycles. The van der Waals surface area contributed by atoms with E-state index in [1.165, 1.54) is 12.7 Å². The first kappa shape index (κ1) is 14.8. The third-order valence-electron chi connectivity index (χ3n) is 3.86. The molecule has 1 unspecified atom stereocenters. The van der Waals surface area contributed by atoms with Crippen LogP contribution in [0.25, 0.3) is 0 Å². The van der Waals surface area contributed by atoms with E-state index in [0.29, 0.717) is 30.6 Å². The summed E-state index contributed by atoms with van der Waals surface area (Å²) in [7, 11) is 1.52. The first-order chi connectivity index (χ1) is 10.7. The molecule has 1 aliphatic heterocycles. The van der Waals surface area contributed by atoms with Crippen LogP contribution in [0.4, 0.5) is 0 Å². The monoisotopic (exact) mass is 317 g/mol. The summed E-state index contributed by atoms with van der Waals surface area (Å²) < 4.78 is 4.95. The fourth-order valence-corrected chi connectivity index (χ4v) is 2.88. The zero-order valence-corrected chi connectivity index (χ0v) is 13.0. The molecule has 1 aliphatic rings. The van der Waals surface area contributed by atoms with Gasteiger partial charge in [-0.3, -0.25) is 4.79 Å². The molecule has 0 N–H and O–H groups in total. The van der Waals surface area contributed by atoms with Crippen molar-refractivity contribution in [3.8, 4) is 5.88 Å². The molecule has 5 nitrogen and oxygen atoms in total. The van der Waals surface area contributed by atoms with Gasteiger partial charge in [0.1, 0.15) is 0 Å². The minimum atomic E-state index is -0.0975. The number of methoxy groups -OCH3 is 1. The molecule has 114 valence electrons. The summed E-state index contributed by atoms with van der Waals surface area (Å²) in [5.41, 5.74) is 1.51. The lowest BCUT2D eigenvalue weighted by atomic mass is 9.99. The molecule has 0 spiro atoms. The van der Waals surface area contributed by atoms with E-state index in [4.69, 9.17) is 16.3 Å². The van der Waals surface area contributed by atoms with Gasteiger partial charge in [-0.15, -0.1) is 10.2 Å². The highest BCUT2D eigenvalue weighted by atomic mass is 35.5. The van der Waals surface area contributed by atoms with Crippen LogP contribution in [0.3, 0.4) is 0 Å². The summed E-state index contributed by atoms with van der Waals surface area (Å²) in [5, 5.41) is 8.49. The Bertz CT molecular complexity index is 675. The van der Waals surface area contributed by atoms with Crippen LogP contribution in [-0.2, 0) is 0 Å². The second-order valence-electron chi connectivity index (χ2n) is 5.25. The quantitative estimate of drug-likeness (QED) is 0.873. The Hall–Kier alpha value is -2.14. The lowest BCUT2D eigenvalue weighted by Crippen LogP contribution is -2.29. The number of likely N-dealkylation sites (tertiary alicyclic amines) is 1. The van der Waals surface area contributed by atoms with E-state index in [2.05, 4.69) is 16.3 Å². The van der Waals surface area contributed by atoms with Gasteiger partial charge in [0.15, 0.2) is 5.69 Å². The van der Waals surface area contributed by atoms with Gasteiger partial charge in [-0.25, -0.2) is 0 Å². The summed E-state index contributed by atoms with van der Waals surface area (Å²) >= 11 is 6.04. The molecule has 6 heteroatoms. The molecular weight excluding hydrogens is 302 g/mol. The summed E-state index contributed by atoms with van der Waals surface area (Å²) in [6, 6.07) is 11.1. The van der Waals surface area contributed by atoms with E-state index < -0.39 is 0 Å². The van der Waals surface area contributed by atoms with Crippen LogP contribution in [0, 0.1) is 0 Å². The average molecular weight is 318 g/mol. The number of aromatic nitrogens is 2. The highest BCUT2D eigenvalue weighted by Crippen LogP contribution is 2.29. The van der Waals surface area contributed by atoms with Crippen LogP contribution >= 0.6 is 11.6 Å². The van der Waals surface area contributed by atoms with Crippen LogP contribution in [0.2, 0.25) is 5.02 Å². The summed E-state index contributed by atoms with van der Waals surface area (Å²) in [4.78, 5) is 14.3. The number of ether oxygens (including phenoxy) is 1. The standard InChI is InChI=1S/C16H16ClN3O2/c1-22-15-6-5-14(18-19-15)16(21)20-8-7-12(10-20)11-3-2-4-13(17)9-11/h2-6,9,12H,7-8,10H2,1H3. The largest absolute Gasteiger partial charge is 0.480 e. The zero-order chi connectivity index (χ0) is 15.5. The van der Waals surface area contributed by atoms with Crippen molar-refractivity contribution in [2.75, 3.05) is 20.2 Å². The van der Waals surface area contributed by atoms with E-state index in [1.807, 2.05) is 23.1 Å². The van der Waals surface area contributed by atoms with Crippen LogP contribution < -0.4 is 4.74 Å². The fraction of sp³-hybridized carbons (Fsp3) is 0.312. The number of hydrogen-bond donors (Lipinski definition) is 0. The number of hydrogen-bond acceptors (Lipinski definition) is 4. The van der Waals surface area contributed by atoms with Crippen LogP contribution in [0.15, 0.2) is 36.4 Å². The second kappa shape index (κ2) is 6.32. The van der Waals surface area contributed by atoms with E-state index in [9.17, 15) is 4.79 Å². The van der Waals surface area contributed by atoms with Crippen molar-refractivity contribution < 1.29 is 9.53 Å². The maximum Gasteiger partial charge on any atom is 0.274 e. The highest BCUT2D eigenvalue weighted by molar-refractivity contribution is 6.30. The average Bonchev–Trinajstić information content (AvgIpc) is 3.04. The smallest absolute Gasteiger partial charge is 0.274 e. The topological polar surface area (TPSA) is 55.3 Å². The SMILES string of the molecule is COc1ccc(C(=O)N2CCC(c3cccc(Cl)c3)C2)nn1. The molecule has 1 aromatic heterocycles. The minimum Gasteiger partial charge on any atom is -0.480 e. The molecule has 0 radical (unpaired) electrons. The Morgan fingerprint density at radius 2 is 2.18 bits per heavy atom. The van der Waals surface area contributed by atoms with Crippen molar-refractivity contribution in [2.45, 2.75) is 12.3 Å². The van der Waals surface area contributed by atoms with E-state index in [-0.39, 0.29) is 5.91 Å². The van der Waals surface area contributed by atoms with Crippen LogP contribution in [-0.4, -0.2) is 41.2 Å². The van der Waals surface area contributed by atoms with Gasteiger partial charge in [0.05, 0.1) is 7.11 Å². The van der Waals surface area contributed by atoms with Crippen LogP contribution in [0.1, 0.15) is 28.4 Å². The van der Waals surface area contributed by atoms with Crippen molar-refractivity contribution >= 4 is 17.5 Å². The lowest BCUT2D eigenvalue weighted by Gasteiger charge is -2.16. The van der Waals surface area contributed by atoms with Crippen LogP contribution in [0.5, 0.6) is 5.88 Å². The molecule has 1 atom stereocenters.